The van der Waals surface area contributed by atoms with Crippen molar-refractivity contribution in [3.63, 3.8) is 0 Å². The molecule has 6 heteroatoms. The summed E-state index contributed by atoms with van der Waals surface area (Å²) in [6, 6.07) is 5.50. The van der Waals surface area contributed by atoms with Crippen LogP contribution in [0.15, 0.2) is 24.3 Å². The van der Waals surface area contributed by atoms with Crippen LogP contribution in [0.3, 0.4) is 0 Å². The van der Waals surface area contributed by atoms with E-state index in [2.05, 4.69) is 0 Å². The Kier molecular flexibility index (Phi) is 5.81. The third-order valence-electron chi connectivity index (χ3n) is 1.16. The molecule has 12 heavy (non-hydrogen) atoms. The molecule has 1 aromatic carbocycles. The molecule has 0 atom stereocenters. The van der Waals surface area contributed by atoms with Crippen LogP contribution >= 0.6 is 19.2 Å². The number of rotatable bonds is 1. The van der Waals surface area contributed by atoms with Gasteiger partial charge < -0.3 is 9.79 Å². The maximum atomic E-state index is 10.6. The first-order chi connectivity index (χ1) is 5.00. The van der Waals surface area contributed by atoms with Crippen molar-refractivity contribution in [3.05, 3.63) is 29.3 Å². The van der Waals surface area contributed by atoms with Gasteiger partial charge >= 0.3 is 59.0 Å². The summed E-state index contributed by atoms with van der Waals surface area (Å²) < 4.78 is 10.6. The van der Waals surface area contributed by atoms with Gasteiger partial charge in [0.1, 0.15) is 0 Å². The maximum absolute atomic E-state index is 10.6. The van der Waals surface area contributed by atoms with Crippen molar-refractivity contribution in [1.82, 2.24) is 0 Å². The molecule has 0 spiro atoms. The quantitative estimate of drug-likeness (QED) is 0.548. The van der Waals surface area contributed by atoms with Crippen LogP contribution in [0.4, 0.5) is 0 Å². The normalized spacial score (nSPS) is 10.6. The summed E-state index contributed by atoms with van der Waals surface area (Å²) in [7, 11) is -4.10. The van der Waals surface area contributed by atoms with Crippen LogP contribution in [-0.4, -0.2) is 61.2 Å². The van der Waals surface area contributed by atoms with E-state index >= 15 is 0 Å². The summed E-state index contributed by atoms with van der Waals surface area (Å²) in [4.78, 5) is 17.3. The molecular weight excluding hydrogens is 226 g/mol. The molecule has 0 aromatic heterocycles. The van der Waals surface area contributed by atoms with Crippen LogP contribution in [0.25, 0.3) is 0 Å². The first kappa shape index (κ1) is 13.3. The van der Waals surface area contributed by atoms with Crippen molar-refractivity contribution in [2.45, 2.75) is 0 Å². The minimum absolute atomic E-state index is 0. The van der Waals surface area contributed by atoms with E-state index in [-0.39, 0.29) is 56.7 Å². The molecule has 0 saturated heterocycles. The van der Waals surface area contributed by atoms with Gasteiger partial charge in [0, 0.05) is 5.02 Å². The predicted molar refractivity (Wildman–Crippen MR) is 50.3 cm³/mol. The summed E-state index contributed by atoms with van der Waals surface area (Å²) in [6.45, 7) is 0. The Bertz CT molecular complexity index is 294. The summed E-state index contributed by atoms with van der Waals surface area (Å²) in [5.41, 5.74) is 0. The van der Waals surface area contributed by atoms with E-state index in [1.807, 2.05) is 0 Å². The molecule has 0 amide bonds. The Morgan fingerprint density at radius 2 is 1.58 bits per heavy atom. The molecular formula is C6H7ClKO3P. The number of benzene rings is 1. The molecule has 2 N–H and O–H groups in total. The Balaban J connectivity index is 0.00000121. The molecule has 1 rings (SSSR count). The van der Waals surface area contributed by atoms with Gasteiger partial charge in [-0.3, -0.25) is 4.57 Å². The zero-order chi connectivity index (χ0) is 8.48. The summed E-state index contributed by atoms with van der Waals surface area (Å²) in [5, 5.41) is 0.448. The molecule has 0 aliphatic rings. The Labute approximate surface area is 118 Å². The minimum atomic E-state index is -4.10. The summed E-state index contributed by atoms with van der Waals surface area (Å²) in [5.74, 6) is 0. The van der Waals surface area contributed by atoms with E-state index in [0.717, 1.165) is 0 Å². The van der Waals surface area contributed by atoms with Crippen LogP contribution < -0.4 is 5.30 Å². The van der Waals surface area contributed by atoms with Crippen LogP contribution in [0.1, 0.15) is 0 Å². The van der Waals surface area contributed by atoms with E-state index in [1.54, 1.807) is 0 Å². The third kappa shape index (κ3) is 4.00. The van der Waals surface area contributed by atoms with Crippen LogP contribution in [0, 0.1) is 0 Å². The van der Waals surface area contributed by atoms with E-state index in [0.29, 0.717) is 5.02 Å². The molecule has 0 aliphatic carbocycles. The second-order valence-electron chi connectivity index (χ2n) is 2.02. The molecule has 0 fully saturated rings. The second-order valence-corrected chi connectivity index (χ2v) is 4.06. The van der Waals surface area contributed by atoms with E-state index in [9.17, 15) is 4.57 Å². The number of halogens is 1. The van der Waals surface area contributed by atoms with E-state index < -0.39 is 7.60 Å². The van der Waals surface area contributed by atoms with Crippen molar-refractivity contribution in [3.8, 4) is 0 Å². The SMILES string of the molecule is O=P(O)(O)c1ccc(Cl)cc1.[KH]. The van der Waals surface area contributed by atoms with Crippen molar-refractivity contribution >= 4 is 75.9 Å². The van der Waals surface area contributed by atoms with E-state index in [4.69, 9.17) is 21.4 Å². The fourth-order valence-corrected chi connectivity index (χ4v) is 1.30. The van der Waals surface area contributed by atoms with Crippen LogP contribution in [-0.2, 0) is 4.57 Å². The molecule has 1 aromatic rings. The Hall–Kier alpha value is 1.30. The fourth-order valence-electron chi connectivity index (χ4n) is 0.635. The van der Waals surface area contributed by atoms with Gasteiger partial charge in [0.2, 0.25) is 0 Å². The molecule has 0 radical (unpaired) electrons. The first-order valence-electron chi connectivity index (χ1n) is 2.82. The average molecular weight is 233 g/mol. The number of hydrogen-bond acceptors (Lipinski definition) is 1. The molecule has 0 unspecified atom stereocenters. The first-order valence-corrected chi connectivity index (χ1v) is 4.81. The average Bonchev–Trinajstić information content (AvgIpc) is 1.86. The van der Waals surface area contributed by atoms with Crippen molar-refractivity contribution in [2.24, 2.45) is 0 Å². The van der Waals surface area contributed by atoms with Gasteiger partial charge in [-0.15, -0.1) is 0 Å². The molecule has 0 bridgehead atoms. The Morgan fingerprint density at radius 3 is 1.92 bits per heavy atom. The van der Waals surface area contributed by atoms with E-state index in [1.165, 1.54) is 24.3 Å². The standard InChI is InChI=1S/C6H6ClO3P.K.H/c7-5-1-3-6(4-2-5)11(8,9)10;;/h1-4H,(H2,8,9,10);;. The van der Waals surface area contributed by atoms with Crippen molar-refractivity contribution < 1.29 is 14.4 Å². The van der Waals surface area contributed by atoms with Crippen molar-refractivity contribution in [2.75, 3.05) is 0 Å². The fraction of sp³-hybridized carbons (Fsp3) is 0. The van der Waals surface area contributed by atoms with Crippen LogP contribution in [0.2, 0.25) is 5.02 Å². The van der Waals surface area contributed by atoms with Gasteiger partial charge in [0.05, 0.1) is 5.30 Å². The Morgan fingerprint density at radius 1 is 1.17 bits per heavy atom. The summed E-state index contributed by atoms with van der Waals surface area (Å²) >= 11 is 5.51. The summed E-state index contributed by atoms with van der Waals surface area (Å²) in [6.07, 6.45) is 0. The van der Waals surface area contributed by atoms with Gasteiger partial charge in [0.25, 0.3) is 0 Å². The second kappa shape index (κ2) is 5.24. The molecule has 3 nitrogen and oxygen atoms in total. The zero-order valence-corrected chi connectivity index (χ0v) is 7.09. The van der Waals surface area contributed by atoms with Crippen molar-refractivity contribution in [1.29, 1.82) is 0 Å². The topological polar surface area (TPSA) is 57.5 Å². The molecule has 62 valence electrons. The van der Waals surface area contributed by atoms with Gasteiger partial charge in [0.15, 0.2) is 0 Å². The van der Waals surface area contributed by atoms with Gasteiger partial charge in [-0.25, -0.2) is 0 Å². The molecule has 0 heterocycles. The molecule has 0 aliphatic heterocycles. The van der Waals surface area contributed by atoms with Gasteiger partial charge in [-0.2, -0.15) is 0 Å². The number of hydrogen-bond donors (Lipinski definition) is 2. The third-order valence-corrected chi connectivity index (χ3v) is 2.39. The van der Waals surface area contributed by atoms with Gasteiger partial charge in [-0.1, -0.05) is 11.6 Å². The molecule has 0 saturated carbocycles. The van der Waals surface area contributed by atoms with Crippen LogP contribution in [0.5, 0.6) is 0 Å². The zero-order valence-electron chi connectivity index (χ0n) is 5.44. The predicted octanol–water partition coefficient (Wildman–Crippen LogP) is 0.494. The van der Waals surface area contributed by atoms with Gasteiger partial charge in [-0.05, 0) is 24.3 Å². The monoisotopic (exact) mass is 232 g/mol.